The van der Waals surface area contributed by atoms with Crippen LogP contribution >= 0.6 is 0 Å². The summed E-state index contributed by atoms with van der Waals surface area (Å²) in [6.07, 6.45) is 0.791. The number of esters is 1. The number of hydrogen-bond donors (Lipinski definition) is 2. The Hall–Kier alpha value is -1.77. The van der Waals surface area contributed by atoms with E-state index in [9.17, 15) is 18.0 Å². The van der Waals surface area contributed by atoms with E-state index in [1.807, 2.05) is 6.92 Å². The monoisotopic (exact) mass is 328 g/mol. The van der Waals surface area contributed by atoms with Gasteiger partial charge in [-0.3, -0.25) is 4.79 Å². The number of ketones is 1. The summed E-state index contributed by atoms with van der Waals surface area (Å²) in [5.41, 5.74) is 4.59. The number of Topliss-reactive ketones (excluding diaryl/α,β-unsaturated/α-hetero) is 1. The topological polar surface area (TPSA) is 130 Å². The summed E-state index contributed by atoms with van der Waals surface area (Å²) in [4.78, 5) is 23.6. The average molecular weight is 328 g/mol. The van der Waals surface area contributed by atoms with Gasteiger partial charge in [0.1, 0.15) is 6.61 Å². The zero-order valence-electron chi connectivity index (χ0n) is 12.5. The summed E-state index contributed by atoms with van der Waals surface area (Å²) in [6, 6.07) is 5.55. The lowest BCUT2D eigenvalue weighted by atomic mass is 9.95. The third-order valence-electron chi connectivity index (χ3n) is 3.10. The largest absolute Gasteiger partial charge is 0.459 e. The lowest BCUT2D eigenvalue weighted by Gasteiger charge is -2.20. The summed E-state index contributed by atoms with van der Waals surface area (Å²) in [5.74, 6) is -1.20. The Kier molecular flexibility index (Phi) is 5.81. The molecule has 1 atom stereocenters. The zero-order chi connectivity index (χ0) is 17.0. The maximum Gasteiger partial charge on any atom is 0.333 e. The predicted molar refractivity (Wildman–Crippen MR) is 80.1 cm³/mol. The molecule has 0 spiro atoms. The first-order valence-corrected chi connectivity index (χ1v) is 8.24. The highest BCUT2D eigenvalue weighted by molar-refractivity contribution is 7.89. The predicted octanol–water partition coefficient (Wildman–Crippen LogP) is 0.464. The Morgan fingerprint density at radius 1 is 1.23 bits per heavy atom. The van der Waals surface area contributed by atoms with Crippen molar-refractivity contribution in [2.75, 3.05) is 0 Å². The number of sulfonamides is 1. The van der Waals surface area contributed by atoms with Crippen LogP contribution in [-0.2, 0) is 31.0 Å². The number of benzene rings is 1. The summed E-state index contributed by atoms with van der Waals surface area (Å²) in [5, 5.41) is 4.98. The molecule has 1 aromatic rings. The van der Waals surface area contributed by atoms with Crippen molar-refractivity contribution in [3.63, 3.8) is 0 Å². The molecule has 7 nitrogen and oxygen atoms in total. The van der Waals surface area contributed by atoms with Crippen molar-refractivity contribution >= 4 is 21.8 Å². The van der Waals surface area contributed by atoms with Gasteiger partial charge in [-0.05, 0) is 31.0 Å². The Labute approximate surface area is 129 Å². The Morgan fingerprint density at radius 3 is 2.23 bits per heavy atom. The fourth-order valence-electron chi connectivity index (χ4n) is 1.67. The molecule has 1 aromatic carbocycles. The van der Waals surface area contributed by atoms with Crippen LogP contribution in [-0.4, -0.2) is 25.7 Å². The standard InChI is InChI=1S/C14H20N2O5S/c1-3-4-12(17)14(2,15)13(18)21-9-10-5-7-11(8-6-10)22(16,19)20/h5-8H,3-4,9,15H2,1-2H3,(H2,16,19,20)/t14-/m1/s1. The third-order valence-corrected chi connectivity index (χ3v) is 4.03. The van der Waals surface area contributed by atoms with E-state index in [4.69, 9.17) is 15.6 Å². The minimum atomic E-state index is -3.76. The zero-order valence-corrected chi connectivity index (χ0v) is 13.4. The van der Waals surface area contributed by atoms with Crippen LogP contribution in [0.25, 0.3) is 0 Å². The molecule has 0 unspecified atom stereocenters. The number of nitrogens with two attached hydrogens (primary N) is 2. The van der Waals surface area contributed by atoms with Crippen molar-refractivity contribution in [1.29, 1.82) is 0 Å². The number of carbonyl (C=O) groups excluding carboxylic acids is 2. The van der Waals surface area contributed by atoms with E-state index in [1.165, 1.54) is 31.2 Å². The van der Waals surface area contributed by atoms with Gasteiger partial charge in [0.15, 0.2) is 11.3 Å². The van der Waals surface area contributed by atoms with Crippen molar-refractivity contribution in [3.8, 4) is 0 Å². The van der Waals surface area contributed by atoms with Gasteiger partial charge in [0.25, 0.3) is 0 Å². The van der Waals surface area contributed by atoms with Gasteiger partial charge in [0.2, 0.25) is 10.0 Å². The quantitative estimate of drug-likeness (QED) is 0.552. The third kappa shape index (κ3) is 4.62. The normalized spacial score (nSPS) is 14.2. The van der Waals surface area contributed by atoms with Crippen LogP contribution in [0.4, 0.5) is 0 Å². The van der Waals surface area contributed by atoms with Crippen LogP contribution in [0.15, 0.2) is 29.2 Å². The number of primary sulfonamides is 1. The number of hydrogen-bond acceptors (Lipinski definition) is 6. The van der Waals surface area contributed by atoms with Gasteiger partial charge in [-0.1, -0.05) is 19.1 Å². The van der Waals surface area contributed by atoms with E-state index in [-0.39, 0.29) is 23.7 Å². The van der Waals surface area contributed by atoms with Gasteiger partial charge in [-0.25, -0.2) is 18.4 Å². The molecule has 8 heteroatoms. The smallest absolute Gasteiger partial charge is 0.333 e. The first-order valence-electron chi connectivity index (χ1n) is 6.70. The SMILES string of the molecule is CCCC(=O)[C@@](C)(N)C(=O)OCc1ccc(S(N)(=O)=O)cc1. The van der Waals surface area contributed by atoms with Gasteiger partial charge >= 0.3 is 5.97 Å². The molecule has 0 aliphatic heterocycles. The fourth-order valence-corrected chi connectivity index (χ4v) is 2.19. The molecular weight excluding hydrogens is 308 g/mol. The Balaban J connectivity index is 2.70. The first kappa shape index (κ1) is 18.3. The highest BCUT2D eigenvalue weighted by atomic mass is 32.2. The molecule has 0 amide bonds. The Bertz CT molecular complexity index is 650. The van der Waals surface area contributed by atoms with Crippen LogP contribution in [0, 0.1) is 0 Å². The van der Waals surface area contributed by atoms with Crippen LogP contribution in [0.3, 0.4) is 0 Å². The molecule has 0 aromatic heterocycles. The molecule has 0 bridgehead atoms. The van der Waals surface area contributed by atoms with Crippen molar-refractivity contribution in [1.82, 2.24) is 0 Å². The van der Waals surface area contributed by atoms with E-state index in [1.54, 1.807) is 0 Å². The maximum atomic E-state index is 11.9. The molecule has 22 heavy (non-hydrogen) atoms. The number of ether oxygens (including phenoxy) is 1. The molecule has 1 rings (SSSR count). The molecule has 0 radical (unpaired) electrons. The van der Waals surface area contributed by atoms with E-state index in [0.29, 0.717) is 12.0 Å². The molecular formula is C14H20N2O5S. The van der Waals surface area contributed by atoms with Crippen LogP contribution in [0.1, 0.15) is 32.3 Å². The van der Waals surface area contributed by atoms with E-state index < -0.39 is 21.5 Å². The fraction of sp³-hybridized carbons (Fsp3) is 0.429. The second-order valence-electron chi connectivity index (χ2n) is 5.14. The minimum absolute atomic E-state index is 0.0376. The van der Waals surface area contributed by atoms with Gasteiger partial charge < -0.3 is 10.5 Å². The molecule has 0 heterocycles. The average Bonchev–Trinajstić information content (AvgIpc) is 2.44. The van der Waals surface area contributed by atoms with Crippen LogP contribution in [0.5, 0.6) is 0 Å². The minimum Gasteiger partial charge on any atom is -0.459 e. The van der Waals surface area contributed by atoms with Crippen molar-refractivity contribution in [3.05, 3.63) is 29.8 Å². The summed E-state index contributed by atoms with van der Waals surface area (Å²) in [7, 11) is -3.76. The molecule has 4 N–H and O–H groups in total. The summed E-state index contributed by atoms with van der Waals surface area (Å²) in [6.45, 7) is 3.01. The van der Waals surface area contributed by atoms with Crippen molar-refractivity contribution in [2.45, 2.75) is 43.7 Å². The summed E-state index contributed by atoms with van der Waals surface area (Å²) >= 11 is 0. The number of carbonyl (C=O) groups is 2. The second kappa shape index (κ2) is 6.99. The van der Waals surface area contributed by atoms with Gasteiger partial charge in [0.05, 0.1) is 4.90 Å². The van der Waals surface area contributed by atoms with Crippen LogP contribution < -0.4 is 10.9 Å². The van der Waals surface area contributed by atoms with E-state index in [2.05, 4.69) is 0 Å². The van der Waals surface area contributed by atoms with Crippen molar-refractivity contribution < 1.29 is 22.7 Å². The molecule has 122 valence electrons. The Morgan fingerprint density at radius 2 is 1.77 bits per heavy atom. The molecule has 0 saturated carbocycles. The van der Waals surface area contributed by atoms with E-state index >= 15 is 0 Å². The molecule has 0 fully saturated rings. The second-order valence-corrected chi connectivity index (χ2v) is 6.70. The molecule has 0 aliphatic rings. The van der Waals surface area contributed by atoms with Crippen LogP contribution in [0.2, 0.25) is 0 Å². The lowest BCUT2D eigenvalue weighted by molar-refractivity contribution is -0.154. The molecule has 0 aliphatic carbocycles. The van der Waals surface area contributed by atoms with Gasteiger partial charge in [-0.15, -0.1) is 0 Å². The van der Waals surface area contributed by atoms with Gasteiger partial charge in [0, 0.05) is 6.42 Å². The first-order chi connectivity index (χ1) is 10.1. The highest BCUT2D eigenvalue weighted by Crippen LogP contribution is 2.13. The maximum absolute atomic E-state index is 11.9. The van der Waals surface area contributed by atoms with E-state index in [0.717, 1.165) is 0 Å². The van der Waals surface area contributed by atoms with Crippen molar-refractivity contribution in [2.24, 2.45) is 10.9 Å². The highest BCUT2D eigenvalue weighted by Gasteiger charge is 2.37. The van der Waals surface area contributed by atoms with Gasteiger partial charge in [-0.2, -0.15) is 0 Å². The number of rotatable bonds is 7. The summed E-state index contributed by atoms with van der Waals surface area (Å²) < 4.78 is 27.3. The lowest BCUT2D eigenvalue weighted by Crippen LogP contribution is -2.53. The molecule has 0 saturated heterocycles.